The highest BCUT2D eigenvalue weighted by molar-refractivity contribution is 6.32. The number of aliphatic imine (C=N–C) groups is 1. The summed E-state index contributed by atoms with van der Waals surface area (Å²) in [6.07, 6.45) is 1.34. The standard InChI is InChI=1S/C20H21ClN4O3/c1-28-17-9-8-13(12-16(17)21)24-20(22)23-10-4-5-11-25-18(26)14-6-2-3-7-15(14)19(25)27/h2-3,6-9,12H,4-5,10-11H2,1H3,(H3,22,23,24). The van der Waals surface area contributed by atoms with Gasteiger partial charge in [-0.1, -0.05) is 23.7 Å². The molecular formula is C20H21ClN4O3. The van der Waals surface area contributed by atoms with Crippen LogP contribution in [0.25, 0.3) is 0 Å². The molecule has 28 heavy (non-hydrogen) atoms. The lowest BCUT2D eigenvalue weighted by atomic mass is 10.1. The van der Waals surface area contributed by atoms with Gasteiger partial charge in [-0.15, -0.1) is 0 Å². The van der Waals surface area contributed by atoms with Gasteiger partial charge >= 0.3 is 0 Å². The number of nitrogens with zero attached hydrogens (tertiary/aromatic N) is 2. The number of fused-ring (bicyclic) bond motifs is 1. The quantitative estimate of drug-likeness (QED) is 0.322. The van der Waals surface area contributed by atoms with Crippen LogP contribution in [0.2, 0.25) is 5.02 Å². The first-order valence-electron chi connectivity index (χ1n) is 8.87. The minimum absolute atomic E-state index is 0.235. The Morgan fingerprint density at radius 2 is 1.82 bits per heavy atom. The van der Waals surface area contributed by atoms with Gasteiger partial charge in [0.05, 0.1) is 23.3 Å². The normalized spacial score (nSPS) is 13.6. The number of unbranched alkanes of at least 4 members (excludes halogenated alkanes) is 1. The zero-order valence-corrected chi connectivity index (χ0v) is 16.2. The maximum atomic E-state index is 12.3. The van der Waals surface area contributed by atoms with Crippen molar-refractivity contribution in [3.63, 3.8) is 0 Å². The molecule has 0 saturated heterocycles. The van der Waals surface area contributed by atoms with Crippen molar-refractivity contribution in [1.29, 1.82) is 0 Å². The van der Waals surface area contributed by atoms with Gasteiger partial charge in [0, 0.05) is 18.8 Å². The second-order valence-corrected chi connectivity index (χ2v) is 6.66. The minimum atomic E-state index is -0.235. The predicted octanol–water partition coefficient (Wildman–Crippen LogP) is 3.15. The molecule has 0 bridgehead atoms. The molecule has 7 nitrogen and oxygen atoms in total. The lowest BCUT2D eigenvalue weighted by molar-refractivity contribution is 0.0652. The second kappa shape index (κ2) is 8.75. The first kappa shape index (κ1) is 19.7. The van der Waals surface area contributed by atoms with E-state index in [1.165, 1.54) is 4.90 Å². The molecule has 8 heteroatoms. The van der Waals surface area contributed by atoms with Crippen LogP contribution in [0.3, 0.4) is 0 Å². The smallest absolute Gasteiger partial charge is 0.261 e. The van der Waals surface area contributed by atoms with E-state index in [-0.39, 0.29) is 17.8 Å². The van der Waals surface area contributed by atoms with E-state index in [0.29, 0.717) is 53.5 Å². The molecule has 2 aromatic rings. The molecule has 0 atom stereocenters. The van der Waals surface area contributed by atoms with E-state index in [2.05, 4.69) is 10.3 Å². The van der Waals surface area contributed by atoms with Gasteiger partial charge in [0.1, 0.15) is 5.75 Å². The Morgan fingerprint density at radius 3 is 2.43 bits per heavy atom. The van der Waals surface area contributed by atoms with Crippen LogP contribution in [-0.4, -0.2) is 42.9 Å². The molecule has 0 aliphatic carbocycles. The molecule has 0 unspecified atom stereocenters. The number of rotatable bonds is 7. The number of halogens is 1. The molecule has 1 aliphatic rings. The van der Waals surface area contributed by atoms with E-state index >= 15 is 0 Å². The molecule has 146 valence electrons. The highest BCUT2D eigenvalue weighted by Gasteiger charge is 2.34. The number of benzene rings is 2. The third-order valence-corrected chi connectivity index (χ3v) is 4.67. The molecule has 2 amide bonds. The van der Waals surface area contributed by atoms with Crippen molar-refractivity contribution in [2.45, 2.75) is 12.8 Å². The molecule has 0 aromatic heterocycles. The number of carbonyl (C=O) groups is 2. The Balaban J connectivity index is 1.45. The Morgan fingerprint density at radius 1 is 1.14 bits per heavy atom. The number of hydrogen-bond donors (Lipinski definition) is 2. The third kappa shape index (κ3) is 4.26. The zero-order valence-electron chi connectivity index (χ0n) is 15.4. The van der Waals surface area contributed by atoms with Gasteiger partial charge in [-0.2, -0.15) is 0 Å². The van der Waals surface area contributed by atoms with Crippen molar-refractivity contribution in [2.75, 3.05) is 25.5 Å². The SMILES string of the molecule is COc1ccc(NC(N)=NCCCCN2C(=O)c3ccccc3C2=O)cc1Cl. The van der Waals surface area contributed by atoms with Gasteiger partial charge in [0.15, 0.2) is 5.96 Å². The summed E-state index contributed by atoms with van der Waals surface area (Å²) < 4.78 is 5.10. The first-order valence-corrected chi connectivity index (χ1v) is 9.24. The molecule has 0 saturated carbocycles. The molecule has 3 N–H and O–H groups in total. The summed E-state index contributed by atoms with van der Waals surface area (Å²) in [5, 5.41) is 3.43. The summed E-state index contributed by atoms with van der Waals surface area (Å²) in [5.41, 5.74) is 7.52. The van der Waals surface area contributed by atoms with E-state index in [1.807, 2.05) is 0 Å². The summed E-state index contributed by atoms with van der Waals surface area (Å²) in [6.45, 7) is 0.842. The Hall–Kier alpha value is -3.06. The summed E-state index contributed by atoms with van der Waals surface area (Å²) in [5.74, 6) is 0.376. The number of ether oxygens (including phenoxy) is 1. The van der Waals surface area contributed by atoms with Gasteiger partial charge in [0.25, 0.3) is 11.8 Å². The topological polar surface area (TPSA) is 97.0 Å². The van der Waals surface area contributed by atoms with Crippen molar-refractivity contribution < 1.29 is 14.3 Å². The van der Waals surface area contributed by atoms with Crippen molar-refractivity contribution in [2.24, 2.45) is 10.7 Å². The van der Waals surface area contributed by atoms with E-state index in [4.69, 9.17) is 22.1 Å². The number of carbonyl (C=O) groups excluding carboxylic acids is 2. The monoisotopic (exact) mass is 400 g/mol. The average Bonchev–Trinajstić information content (AvgIpc) is 2.93. The number of guanidine groups is 1. The molecule has 1 aliphatic heterocycles. The minimum Gasteiger partial charge on any atom is -0.495 e. The maximum absolute atomic E-state index is 12.3. The first-order chi connectivity index (χ1) is 13.5. The largest absolute Gasteiger partial charge is 0.495 e. The highest BCUT2D eigenvalue weighted by atomic mass is 35.5. The summed E-state index contributed by atoms with van der Waals surface area (Å²) in [6, 6.07) is 12.1. The molecule has 0 spiro atoms. The van der Waals surface area contributed by atoms with E-state index < -0.39 is 0 Å². The van der Waals surface area contributed by atoms with Gasteiger partial charge in [0.2, 0.25) is 0 Å². The molecule has 3 rings (SSSR count). The van der Waals surface area contributed by atoms with Crippen LogP contribution < -0.4 is 15.8 Å². The van der Waals surface area contributed by atoms with Gasteiger partial charge in [-0.05, 0) is 43.2 Å². The lowest BCUT2D eigenvalue weighted by Crippen LogP contribution is -2.30. The fourth-order valence-corrected chi connectivity index (χ4v) is 3.21. The van der Waals surface area contributed by atoms with Gasteiger partial charge in [-0.3, -0.25) is 19.5 Å². The number of nitrogens with one attached hydrogen (secondary N) is 1. The van der Waals surface area contributed by atoms with Crippen molar-refractivity contribution in [1.82, 2.24) is 4.90 Å². The van der Waals surface area contributed by atoms with Gasteiger partial charge < -0.3 is 15.8 Å². The van der Waals surface area contributed by atoms with E-state index in [9.17, 15) is 9.59 Å². The van der Waals surface area contributed by atoms with Crippen LogP contribution in [-0.2, 0) is 0 Å². The number of imide groups is 1. The van der Waals surface area contributed by atoms with Crippen molar-refractivity contribution in [3.05, 3.63) is 58.6 Å². The van der Waals surface area contributed by atoms with E-state index in [1.54, 1.807) is 49.6 Å². The van der Waals surface area contributed by atoms with Crippen LogP contribution in [0.1, 0.15) is 33.6 Å². The van der Waals surface area contributed by atoms with Gasteiger partial charge in [-0.25, -0.2) is 0 Å². The van der Waals surface area contributed by atoms with E-state index in [0.717, 1.165) is 0 Å². The van der Waals surface area contributed by atoms with Crippen LogP contribution in [0, 0.1) is 0 Å². The van der Waals surface area contributed by atoms with Crippen LogP contribution in [0.5, 0.6) is 5.75 Å². The molecule has 1 heterocycles. The summed E-state index contributed by atoms with van der Waals surface area (Å²) in [7, 11) is 1.55. The molecule has 2 aromatic carbocycles. The van der Waals surface area contributed by atoms with Crippen molar-refractivity contribution in [3.8, 4) is 5.75 Å². The summed E-state index contributed by atoms with van der Waals surface area (Å²) >= 11 is 6.07. The lowest BCUT2D eigenvalue weighted by Gasteiger charge is -2.13. The fraction of sp³-hybridized carbons (Fsp3) is 0.250. The number of methoxy groups -OCH3 is 1. The van der Waals surface area contributed by atoms with Crippen LogP contribution >= 0.6 is 11.6 Å². The van der Waals surface area contributed by atoms with Crippen molar-refractivity contribution >= 4 is 35.1 Å². The predicted molar refractivity (Wildman–Crippen MR) is 109 cm³/mol. The second-order valence-electron chi connectivity index (χ2n) is 6.26. The maximum Gasteiger partial charge on any atom is 0.261 e. The zero-order chi connectivity index (χ0) is 20.1. The molecular weight excluding hydrogens is 380 g/mol. The highest BCUT2D eigenvalue weighted by Crippen LogP contribution is 2.27. The van der Waals surface area contributed by atoms with Crippen LogP contribution in [0.4, 0.5) is 5.69 Å². The molecule has 0 radical (unpaired) electrons. The Kier molecular flexibility index (Phi) is 6.16. The number of nitrogens with two attached hydrogens (primary N) is 1. The Labute approximate surface area is 168 Å². The number of anilines is 1. The Bertz CT molecular complexity index is 894. The third-order valence-electron chi connectivity index (χ3n) is 4.37. The average molecular weight is 401 g/mol. The number of hydrogen-bond acceptors (Lipinski definition) is 4. The fourth-order valence-electron chi connectivity index (χ4n) is 2.95. The summed E-state index contributed by atoms with van der Waals surface area (Å²) in [4.78, 5) is 30.1. The van der Waals surface area contributed by atoms with Crippen LogP contribution in [0.15, 0.2) is 47.5 Å². The number of amides is 2. The molecule has 0 fully saturated rings.